The molecule has 9 rings (SSSR count). The topological polar surface area (TPSA) is 0 Å². The highest BCUT2D eigenvalue weighted by molar-refractivity contribution is 6.04. The third kappa shape index (κ3) is 3.24. The van der Waals surface area contributed by atoms with Gasteiger partial charge in [0.1, 0.15) is 0 Å². The summed E-state index contributed by atoms with van der Waals surface area (Å²) in [5, 5.41) is 2.80. The van der Waals surface area contributed by atoms with Gasteiger partial charge >= 0.3 is 0 Å². The Hall–Kier alpha value is -4.68. The molecule has 0 aliphatic heterocycles. The fourth-order valence-corrected chi connectivity index (χ4v) is 9.07. The molecule has 0 nitrogen and oxygen atoms in total. The molecule has 4 aliphatic rings. The molecule has 0 saturated carbocycles. The molecular weight excluding hydrogens is 528 g/mol. The van der Waals surface area contributed by atoms with Crippen molar-refractivity contribution < 1.29 is 0 Å². The van der Waals surface area contributed by atoms with Gasteiger partial charge in [0, 0.05) is 16.7 Å². The summed E-state index contributed by atoms with van der Waals surface area (Å²) in [6, 6.07) is 45.6. The fourth-order valence-electron chi connectivity index (χ4n) is 9.07. The molecule has 0 amide bonds. The van der Waals surface area contributed by atoms with Crippen LogP contribution in [-0.2, 0) is 10.8 Å². The van der Waals surface area contributed by atoms with Crippen LogP contribution in [0, 0.1) is 5.92 Å². The Labute approximate surface area is 260 Å². The molecule has 1 unspecified atom stereocenters. The predicted molar refractivity (Wildman–Crippen MR) is 184 cm³/mol. The second-order valence-corrected chi connectivity index (χ2v) is 14.0. The monoisotopic (exact) mass is 564 g/mol. The van der Waals surface area contributed by atoms with Crippen molar-refractivity contribution in [2.24, 2.45) is 5.92 Å². The Kier molecular flexibility index (Phi) is 5.23. The van der Waals surface area contributed by atoms with E-state index in [0.29, 0.717) is 0 Å². The van der Waals surface area contributed by atoms with Crippen LogP contribution in [0.1, 0.15) is 67.5 Å². The van der Waals surface area contributed by atoms with Crippen LogP contribution in [0.5, 0.6) is 0 Å². The van der Waals surface area contributed by atoms with Gasteiger partial charge in [-0.2, -0.15) is 0 Å². The standard InChI is InChI=1S/C44H36/c1-43(2)33-21-13-11-19-29(33)39-35(43)25-23-31-38(28-17-9-6-10-18-28)42-32(37(41(31)39)27-15-7-5-8-16-27)24-26-36-40(42)30-20-12-14-22-34(30)44(36,3)4/h5-23,25-26,32H,24H2,1-4H3. The summed E-state index contributed by atoms with van der Waals surface area (Å²) in [5.41, 5.74) is 18.4. The van der Waals surface area contributed by atoms with Crippen LogP contribution in [0.3, 0.4) is 0 Å². The van der Waals surface area contributed by atoms with E-state index >= 15 is 0 Å². The summed E-state index contributed by atoms with van der Waals surface area (Å²) < 4.78 is 0. The highest BCUT2D eigenvalue weighted by Gasteiger charge is 2.45. The fraction of sp³-hybridized carbons (Fsp3) is 0.182. The minimum atomic E-state index is -0.0531. The van der Waals surface area contributed by atoms with Crippen LogP contribution >= 0.6 is 0 Å². The van der Waals surface area contributed by atoms with Crippen LogP contribution < -0.4 is 10.4 Å². The number of fused-ring (bicyclic) bond motifs is 9. The van der Waals surface area contributed by atoms with Crippen LogP contribution in [-0.4, -0.2) is 0 Å². The van der Waals surface area contributed by atoms with Gasteiger partial charge in [0.05, 0.1) is 0 Å². The third-order valence-electron chi connectivity index (χ3n) is 11.0. The van der Waals surface area contributed by atoms with Crippen LogP contribution in [0.25, 0.3) is 27.8 Å². The van der Waals surface area contributed by atoms with E-state index in [1.807, 2.05) is 0 Å². The van der Waals surface area contributed by atoms with Crippen LogP contribution in [0.4, 0.5) is 0 Å². The van der Waals surface area contributed by atoms with Crippen molar-refractivity contribution in [1.29, 1.82) is 0 Å². The molecule has 0 saturated heterocycles. The maximum absolute atomic E-state index is 2.58. The molecule has 0 bridgehead atoms. The second kappa shape index (κ2) is 8.93. The SMILES string of the molecule is CC1(C)C2=CCC3C(=C2c2ccccc21)C(c1ccccc1)=c1ccc2c(c1=C3c1ccccc1)-c1ccccc1C2(C)C. The number of benzene rings is 5. The molecule has 4 aliphatic carbocycles. The second-order valence-electron chi connectivity index (χ2n) is 14.0. The maximum Gasteiger partial charge on any atom is 0.0159 e. The Morgan fingerprint density at radius 2 is 1.09 bits per heavy atom. The summed E-state index contributed by atoms with van der Waals surface area (Å²) in [6.45, 7) is 9.63. The summed E-state index contributed by atoms with van der Waals surface area (Å²) in [4.78, 5) is 0. The van der Waals surface area contributed by atoms with Gasteiger partial charge in [-0.05, 0) is 89.2 Å². The van der Waals surface area contributed by atoms with Gasteiger partial charge < -0.3 is 0 Å². The van der Waals surface area contributed by atoms with Gasteiger partial charge in [0.25, 0.3) is 0 Å². The molecule has 0 N–H and O–H groups in total. The van der Waals surface area contributed by atoms with Crippen molar-refractivity contribution in [1.82, 2.24) is 0 Å². The molecule has 5 aromatic rings. The minimum absolute atomic E-state index is 0.0280. The molecule has 0 radical (unpaired) electrons. The Morgan fingerprint density at radius 1 is 0.500 bits per heavy atom. The molecule has 44 heavy (non-hydrogen) atoms. The largest absolute Gasteiger partial charge is 0.0789 e. The predicted octanol–water partition coefficient (Wildman–Crippen LogP) is 9.10. The highest BCUT2D eigenvalue weighted by Crippen LogP contribution is 2.58. The smallest absolute Gasteiger partial charge is 0.0159 e. The van der Waals surface area contributed by atoms with E-state index in [1.165, 1.54) is 82.8 Å². The van der Waals surface area contributed by atoms with E-state index in [4.69, 9.17) is 0 Å². The van der Waals surface area contributed by atoms with Gasteiger partial charge in [0.2, 0.25) is 0 Å². The van der Waals surface area contributed by atoms with E-state index in [9.17, 15) is 0 Å². The Bertz CT molecular complexity index is 2220. The molecule has 0 fully saturated rings. The van der Waals surface area contributed by atoms with Crippen LogP contribution in [0.2, 0.25) is 0 Å². The summed E-state index contributed by atoms with van der Waals surface area (Å²) >= 11 is 0. The molecule has 1 atom stereocenters. The van der Waals surface area contributed by atoms with E-state index in [-0.39, 0.29) is 16.7 Å². The molecule has 212 valence electrons. The zero-order chi connectivity index (χ0) is 29.8. The van der Waals surface area contributed by atoms with Gasteiger partial charge in [-0.3, -0.25) is 0 Å². The van der Waals surface area contributed by atoms with Crippen LogP contribution in [0.15, 0.2) is 139 Å². The first-order chi connectivity index (χ1) is 21.4. The van der Waals surface area contributed by atoms with Crippen molar-refractivity contribution >= 4 is 16.7 Å². The summed E-state index contributed by atoms with van der Waals surface area (Å²) in [7, 11) is 0. The minimum Gasteiger partial charge on any atom is -0.0789 e. The Balaban J connectivity index is 1.55. The number of allylic oxidation sites excluding steroid dienone is 4. The molecule has 0 heterocycles. The van der Waals surface area contributed by atoms with Crippen molar-refractivity contribution in [2.45, 2.75) is 44.9 Å². The zero-order valence-corrected chi connectivity index (χ0v) is 25.9. The first kappa shape index (κ1) is 25.8. The summed E-state index contributed by atoms with van der Waals surface area (Å²) in [6.07, 6.45) is 3.58. The van der Waals surface area contributed by atoms with Gasteiger partial charge in [-0.1, -0.05) is 155 Å². The van der Waals surface area contributed by atoms with E-state index < -0.39 is 0 Å². The average molecular weight is 565 g/mol. The molecule has 0 aromatic heterocycles. The lowest BCUT2D eigenvalue weighted by Crippen LogP contribution is -2.40. The quantitative estimate of drug-likeness (QED) is 0.201. The molecular formula is C44H36. The molecule has 0 heteroatoms. The van der Waals surface area contributed by atoms with E-state index in [2.05, 4.69) is 155 Å². The lowest BCUT2D eigenvalue weighted by atomic mass is 9.66. The molecule has 5 aromatic carbocycles. The maximum atomic E-state index is 2.58. The van der Waals surface area contributed by atoms with Gasteiger partial charge in [-0.25, -0.2) is 0 Å². The van der Waals surface area contributed by atoms with Crippen molar-refractivity contribution in [2.75, 3.05) is 0 Å². The molecule has 0 spiro atoms. The number of hydrogen-bond acceptors (Lipinski definition) is 0. The Morgan fingerprint density at radius 3 is 1.80 bits per heavy atom. The lowest BCUT2D eigenvalue weighted by molar-refractivity contribution is 0.646. The normalized spacial score (nSPS) is 19.8. The first-order valence-corrected chi connectivity index (χ1v) is 16.1. The van der Waals surface area contributed by atoms with E-state index in [1.54, 1.807) is 0 Å². The van der Waals surface area contributed by atoms with Crippen molar-refractivity contribution in [3.05, 3.63) is 182 Å². The summed E-state index contributed by atoms with van der Waals surface area (Å²) in [5.74, 6) is 0.253. The number of hydrogen-bond donors (Lipinski definition) is 0. The highest BCUT2D eigenvalue weighted by atomic mass is 14.5. The zero-order valence-electron chi connectivity index (χ0n) is 25.9. The average Bonchev–Trinajstić information content (AvgIpc) is 3.44. The van der Waals surface area contributed by atoms with Crippen molar-refractivity contribution in [3.8, 4) is 11.1 Å². The van der Waals surface area contributed by atoms with Crippen molar-refractivity contribution in [3.63, 3.8) is 0 Å². The van der Waals surface area contributed by atoms with Gasteiger partial charge in [0.15, 0.2) is 0 Å². The van der Waals surface area contributed by atoms with E-state index in [0.717, 1.165) is 6.42 Å². The lowest BCUT2D eigenvalue weighted by Gasteiger charge is -2.36. The first-order valence-electron chi connectivity index (χ1n) is 16.1. The third-order valence-corrected chi connectivity index (χ3v) is 11.0. The number of rotatable bonds is 2. The van der Waals surface area contributed by atoms with Gasteiger partial charge in [-0.15, -0.1) is 0 Å².